The molecule has 1 atom stereocenters. The summed E-state index contributed by atoms with van der Waals surface area (Å²) >= 11 is 6.25. The van der Waals surface area contributed by atoms with E-state index in [1.165, 1.54) is 0 Å². The van der Waals surface area contributed by atoms with Crippen LogP contribution in [0.2, 0.25) is 5.02 Å². The van der Waals surface area contributed by atoms with E-state index in [1.807, 2.05) is 25.1 Å². The van der Waals surface area contributed by atoms with Crippen LogP contribution in [0.15, 0.2) is 18.2 Å². The third kappa shape index (κ3) is 3.87. The standard InChI is InChI=1S/C14H23ClN2O/c1-10(2)17(7-4-8-18)12-5-6-13(11(3)16)14(15)9-12/h5-6,9-11,18H,4,7-8,16H2,1-3H3. The highest BCUT2D eigenvalue weighted by molar-refractivity contribution is 6.31. The third-order valence-electron chi connectivity index (χ3n) is 2.99. The van der Waals surface area contributed by atoms with Gasteiger partial charge in [0.2, 0.25) is 0 Å². The van der Waals surface area contributed by atoms with E-state index in [1.54, 1.807) is 0 Å². The van der Waals surface area contributed by atoms with Crippen molar-refractivity contribution in [2.24, 2.45) is 5.73 Å². The van der Waals surface area contributed by atoms with E-state index in [9.17, 15) is 0 Å². The summed E-state index contributed by atoms with van der Waals surface area (Å²) in [6, 6.07) is 6.29. The number of anilines is 1. The number of nitrogens with zero attached hydrogens (tertiary/aromatic N) is 1. The van der Waals surface area contributed by atoms with Crippen molar-refractivity contribution in [1.82, 2.24) is 0 Å². The molecular weight excluding hydrogens is 248 g/mol. The summed E-state index contributed by atoms with van der Waals surface area (Å²) in [5, 5.41) is 9.65. The van der Waals surface area contributed by atoms with E-state index in [-0.39, 0.29) is 12.6 Å². The number of aliphatic hydroxyl groups is 1. The number of benzene rings is 1. The second-order valence-corrected chi connectivity index (χ2v) is 5.27. The van der Waals surface area contributed by atoms with Crippen LogP contribution in [0, 0.1) is 0 Å². The molecule has 1 unspecified atom stereocenters. The second-order valence-electron chi connectivity index (χ2n) is 4.86. The van der Waals surface area contributed by atoms with Crippen molar-refractivity contribution >= 4 is 17.3 Å². The quantitative estimate of drug-likeness (QED) is 0.836. The van der Waals surface area contributed by atoms with Crippen LogP contribution in [0.25, 0.3) is 0 Å². The van der Waals surface area contributed by atoms with E-state index in [0.29, 0.717) is 11.1 Å². The van der Waals surface area contributed by atoms with E-state index in [4.69, 9.17) is 22.4 Å². The molecule has 0 aliphatic rings. The van der Waals surface area contributed by atoms with Gasteiger partial charge in [-0.2, -0.15) is 0 Å². The predicted molar refractivity (Wildman–Crippen MR) is 78.2 cm³/mol. The number of nitrogens with two attached hydrogens (primary N) is 1. The number of hydrogen-bond acceptors (Lipinski definition) is 3. The molecule has 3 N–H and O–H groups in total. The first-order chi connectivity index (χ1) is 8.47. The number of aliphatic hydroxyl groups excluding tert-OH is 1. The van der Waals surface area contributed by atoms with Crippen molar-refractivity contribution < 1.29 is 5.11 Å². The smallest absolute Gasteiger partial charge is 0.0474 e. The predicted octanol–water partition coefficient (Wildman–Crippen LogP) is 2.96. The SMILES string of the molecule is CC(N)c1ccc(N(CCCO)C(C)C)cc1Cl. The van der Waals surface area contributed by atoms with Crippen LogP contribution < -0.4 is 10.6 Å². The van der Waals surface area contributed by atoms with Crippen LogP contribution in [0.5, 0.6) is 0 Å². The van der Waals surface area contributed by atoms with Crippen molar-refractivity contribution in [3.8, 4) is 0 Å². The summed E-state index contributed by atoms with van der Waals surface area (Å²) in [5.74, 6) is 0. The van der Waals surface area contributed by atoms with Gasteiger partial charge in [0.25, 0.3) is 0 Å². The van der Waals surface area contributed by atoms with Crippen molar-refractivity contribution in [1.29, 1.82) is 0 Å². The highest BCUT2D eigenvalue weighted by Gasteiger charge is 2.13. The Balaban J connectivity index is 2.95. The fraction of sp³-hybridized carbons (Fsp3) is 0.571. The molecule has 1 aromatic rings. The summed E-state index contributed by atoms with van der Waals surface area (Å²) in [4.78, 5) is 2.23. The Morgan fingerprint density at radius 2 is 2.00 bits per heavy atom. The van der Waals surface area contributed by atoms with Crippen molar-refractivity contribution in [3.05, 3.63) is 28.8 Å². The molecule has 4 heteroatoms. The molecule has 1 aromatic carbocycles. The zero-order valence-corrected chi connectivity index (χ0v) is 12.1. The molecule has 0 heterocycles. The van der Waals surface area contributed by atoms with Gasteiger partial charge in [0, 0.05) is 35.9 Å². The molecule has 0 aliphatic carbocycles. The topological polar surface area (TPSA) is 49.5 Å². The Kier molecular flexibility index (Phi) is 5.93. The van der Waals surface area contributed by atoms with Crippen molar-refractivity contribution in [3.63, 3.8) is 0 Å². The fourth-order valence-electron chi connectivity index (χ4n) is 1.99. The Bertz CT molecular complexity index is 380. The molecule has 3 nitrogen and oxygen atoms in total. The lowest BCUT2D eigenvalue weighted by atomic mass is 10.1. The van der Waals surface area contributed by atoms with Crippen LogP contribution in [0.1, 0.15) is 38.8 Å². The van der Waals surface area contributed by atoms with E-state index >= 15 is 0 Å². The molecule has 18 heavy (non-hydrogen) atoms. The number of hydrogen-bond donors (Lipinski definition) is 2. The van der Waals surface area contributed by atoms with E-state index < -0.39 is 0 Å². The molecule has 0 radical (unpaired) electrons. The minimum atomic E-state index is -0.0588. The average Bonchev–Trinajstić information content (AvgIpc) is 2.28. The Morgan fingerprint density at radius 3 is 2.44 bits per heavy atom. The summed E-state index contributed by atoms with van der Waals surface area (Å²) in [5.41, 5.74) is 7.89. The number of rotatable bonds is 6. The maximum Gasteiger partial charge on any atom is 0.0474 e. The summed E-state index contributed by atoms with van der Waals surface area (Å²) in [6.45, 7) is 7.21. The van der Waals surface area contributed by atoms with Crippen LogP contribution in [-0.4, -0.2) is 24.3 Å². The van der Waals surface area contributed by atoms with Crippen molar-refractivity contribution in [2.45, 2.75) is 39.3 Å². The van der Waals surface area contributed by atoms with Gasteiger partial charge in [-0.1, -0.05) is 17.7 Å². The Labute approximate surface area is 115 Å². The molecule has 102 valence electrons. The van der Waals surface area contributed by atoms with Gasteiger partial charge in [-0.3, -0.25) is 0 Å². The van der Waals surface area contributed by atoms with Gasteiger partial charge < -0.3 is 15.7 Å². The normalized spacial score (nSPS) is 12.8. The first-order valence-electron chi connectivity index (χ1n) is 6.40. The highest BCUT2D eigenvalue weighted by atomic mass is 35.5. The first kappa shape index (κ1) is 15.3. The zero-order valence-electron chi connectivity index (χ0n) is 11.4. The molecule has 0 saturated carbocycles. The average molecular weight is 271 g/mol. The molecule has 0 saturated heterocycles. The summed E-state index contributed by atoms with van der Waals surface area (Å²) in [7, 11) is 0. The van der Waals surface area contributed by atoms with Gasteiger partial charge in [0.1, 0.15) is 0 Å². The van der Waals surface area contributed by atoms with Gasteiger partial charge in [0.15, 0.2) is 0 Å². The molecule has 0 amide bonds. The Hall–Kier alpha value is -0.770. The largest absolute Gasteiger partial charge is 0.396 e. The fourth-order valence-corrected chi connectivity index (χ4v) is 2.34. The lowest BCUT2D eigenvalue weighted by Gasteiger charge is -2.29. The van der Waals surface area contributed by atoms with E-state index in [0.717, 1.165) is 24.2 Å². The van der Waals surface area contributed by atoms with Gasteiger partial charge in [-0.25, -0.2) is 0 Å². The molecule has 0 fully saturated rings. The lowest BCUT2D eigenvalue weighted by Crippen LogP contribution is -2.32. The minimum absolute atomic E-state index is 0.0588. The number of halogens is 1. The molecule has 1 rings (SSSR count). The Morgan fingerprint density at radius 1 is 1.33 bits per heavy atom. The van der Waals surface area contributed by atoms with E-state index in [2.05, 4.69) is 18.7 Å². The summed E-state index contributed by atoms with van der Waals surface area (Å²) in [6.07, 6.45) is 0.755. The van der Waals surface area contributed by atoms with Crippen molar-refractivity contribution in [2.75, 3.05) is 18.1 Å². The molecular formula is C14H23ClN2O. The van der Waals surface area contributed by atoms with Gasteiger partial charge in [0.05, 0.1) is 0 Å². The van der Waals surface area contributed by atoms with Crippen LogP contribution in [0.4, 0.5) is 5.69 Å². The minimum Gasteiger partial charge on any atom is -0.396 e. The van der Waals surface area contributed by atoms with Gasteiger partial charge >= 0.3 is 0 Å². The maximum absolute atomic E-state index is 8.95. The second kappa shape index (κ2) is 6.98. The first-order valence-corrected chi connectivity index (χ1v) is 6.77. The molecule has 0 aliphatic heterocycles. The van der Waals surface area contributed by atoms with Crippen LogP contribution >= 0.6 is 11.6 Å². The molecule has 0 aromatic heterocycles. The van der Waals surface area contributed by atoms with Gasteiger partial charge in [-0.05, 0) is 44.9 Å². The third-order valence-corrected chi connectivity index (χ3v) is 3.31. The van der Waals surface area contributed by atoms with Crippen LogP contribution in [0.3, 0.4) is 0 Å². The molecule has 0 bridgehead atoms. The monoisotopic (exact) mass is 270 g/mol. The lowest BCUT2D eigenvalue weighted by molar-refractivity contribution is 0.288. The highest BCUT2D eigenvalue weighted by Crippen LogP contribution is 2.28. The maximum atomic E-state index is 8.95. The zero-order chi connectivity index (χ0) is 13.7. The van der Waals surface area contributed by atoms with Crippen LogP contribution in [-0.2, 0) is 0 Å². The van der Waals surface area contributed by atoms with Gasteiger partial charge in [-0.15, -0.1) is 0 Å². The summed E-state index contributed by atoms with van der Waals surface area (Å²) < 4.78 is 0. The molecule has 0 spiro atoms.